The Bertz CT molecular complexity index is 1090. The molecule has 0 bridgehead atoms. The Kier molecular flexibility index (Phi) is 5.89. The Morgan fingerprint density at radius 3 is 2.81 bits per heavy atom. The van der Waals surface area contributed by atoms with Crippen molar-refractivity contribution in [1.29, 1.82) is 0 Å². The first-order valence-electron chi connectivity index (χ1n) is 10.2. The lowest BCUT2D eigenvalue weighted by molar-refractivity contribution is 0.0818. The third-order valence-corrected chi connectivity index (χ3v) is 6.64. The van der Waals surface area contributed by atoms with Gasteiger partial charge in [0.05, 0.1) is 22.9 Å². The van der Waals surface area contributed by atoms with E-state index in [-0.39, 0.29) is 18.2 Å². The number of halogens is 2. The second-order valence-corrected chi connectivity index (χ2v) is 8.97. The number of benzene rings is 1. The number of thiocarbonyl (C=S) groups is 1. The van der Waals surface area contributed by atoms with Gasteiger partial charge in [0.2, 0.25) is 0 Å². The summed E-state index contributed by atoms with van der Waals surface area (Å²) in [6, 6.07) is 14.9. The van der Waals surface area contributed by atoms with Gasteiger partial charge in [0.25, 0.3) is 0 Å². The molecule has 31 heavy (non-hydrogen) atoms. The lowest BCUT2D eigenvalue weighted by Crippen LogP contribution is -2.36. The average molecular weight is 474 g/mol. The van der Waals surface area contributed by atoms with Gasteiger partial charge in [0.15, 0.2) is 5.11 Å². The first kappa shape index (κ1) is 20.8. The molecule has 0 spiro atoms. The Morgan fingerprint density at radius 2 is 2.06 bits per heavy atom. The lowest BCUT2D eigenvalue weighted by Gasteiger charge is -2.28. The van der Waals surface area contributed by atoms with Crippen molar-refractivity contribution in [2.45, 2.75) is 31.0 Å². The standard InChI is InChI=1S/C23H21Cl2N3O2S/c24-14-6-7-16(17(25)12-14)19-8-9-20(30-19)22-21(18-5-1-2-10-26-18)27-23(31)28(22)13-15-4-3-11-29-15/h1-2,5-10,12,15,21-22H,3-4,11,13H2,(H,27,31)/t15-,21-,22+/m1/s1. The van der Waals surface area contributed by atoms with Crippen molar-refractivity contribution in [3.05, 3.63) is 76.2 Å². The van der Waals surface area contributed by atoms with Crippen LogP contribution in [-0.2, 0) is 4.74 Å². The van der Waals surface area contributed by atoms with E-state index in [9.17, 15) is 0 Å². The van der Waals surface area contributed by atoms with Crippen molar-refractivity contribution in [2.75, 3.05) is 13.2 Å². The third kappa shape index (κ3) is 4.17. The van der Waals surface area contributed by atoms with E-state index in [1.54, 1.807) is 18.3 Å². The van der Waals surface area contributed by atoms with E-state index >= 15 is 0 Å². The number of pyridine rings is 1. The molecule has 2 aliphatic heterocycles. The zero-order valence-corrected chi connectivity index (χ0v) is 19.0. The predicted octanol–water partition coefficient (Wildman–Crippen LogP) is 5.80. The van der Waals surface area contributed by atoms with Gasteiger partial charge < -0.3 is 19.4 Å². The molecule has 4 heterocycles. The second kappa shape index (κ2) is 8.79. The molecular weight excluding hydrogens is 453 g/mol. The first-order valence-corrected chi connectivity index (χ1v) is 11.4. The zero-order chi connectivity index (χ0) is 21.4. The maximum Gasteiger partial charge on any atom is 0.170 e. The second-order valence-electron chi connectivity index (χ2n) is 7.74. The molecule has 8 heteroatoms. The van der Waals surface area contributed by atoms with Crippen LogP contribution in [0, 0.1) is 0 Å². The summed E-state index contributed by atoms with van der Waals surface area (Å²) >= 11 is 18.2. The summed E-state index contributed by atoms with van der Waals surface area (Å²) in [5.41, 5.74) is 1.71. The number of nitrogens with one attached hydrogen (secondary N) is 1. The van der Waals surface area contributed by atoms with E-state index in [0.717, 1.165) is 36.5 Å². The van der Waals surface area contributed by atoms with Crippen LogP contribution in [0.1, 0.15) is 36.4 Å². The molecule has 1 aromatic carbocycles. The number of hydrogen-bond acceptors (Lipinski definition) is 4. The van der Waals surface area contributed by atoms with Crippen molar-refractivity contribution in [2.24, 2.45) is 0 Å². The summed E-state index contributed by atoms with van der Waals surface area (Å²) < 4.78 is 12.2. The van der Waals surface area contributed by atoms with Gasteiger partial charge in [-0.2, -0.15) is 0 Å². The highest BCUT2D eigenvalue weighted by Crippen LogP contribution is 2.42. The van der Waals surface area contributed by atoms with Crippen LogP contribution in [0.4, 0.5) is 0 Å². The molecule has 2 saturated heterocycles. The van der Waals surface area contributed by atoms with Crippen LogP contribution in [0.5, 0.6) is 0 Å². The minimum Gasteiger partial charge on any atom is -0.459 e. The topological polar surface area (TPSA) is 50.5 Å². The monoisotopic (exact) mass is 473 g/mol. The average Bonchev–Trinajstić information content (AvgIpc) is 3.51. The Hall–Kier alpha value is -2.12. The van der Waals surface area contributed by atoms with E-state index in [0.29, 0.717) is 27.5 Å². The summed E-state index contributed by atoms with van der Waals surface area (Å²) in [4.78, 5) is 6.73. The molecule has 2 fully saturated rings. The van der Waals surface area contributed by atoms with Crippen molar-refractivity contribution in [3.63, 3.8) is 0 Å². The van der Waals surface area contributed by atoms with Crippen LogP contribution in [0.15, 0.2) is 59.1 Å². The van der Waals surface area contributed by atoms with E-state index in [1.165, 1.54) is 0 Å². The highest BCUT2D eigenvalue weighted by atomic mass is 35.5. The molecule has 160 valence electrons. The summed E-state index contributed by atoms with van der Waals surface area (Å²) in [7, 11) is 0. The Morgan fingerprint density at radius 1 is 1.16 bits per heavy atom. The van der Waals surface area contributed by atoms with Crippen molar-refractivity contribution >= 4 is 40.5 Å². The predicted molar refractivity (Wildman–Crippen MR) is 125 cm³/mol. The SMILES string of the molecule is S=C1N[C@H](c2ccccn2)[C@H](c2ccc(-c3ccc(Cl)cc3Cl)o2)N1C[C@H]1CCCO1. The van der Waals surface area contributed by atoms with E-state index in [1.807, 2.05) is 36.4 Å². The van der Waals surface area contributed by atoms with Gasteiger partial charge in [-0.15, -0.1) is 0 Å². The molecule has 1 N–H and O–H groups in total. The Balaban J connectivity index is 1.51. The van der Waals surface area contributed by atoms with E-state index in [4.69, 9.17) is 44.6 Å². The van der Waals surface area contributed by atoms with Crippen LogP contribution < -0.4 is 5.32 Å². The molecule has 5 nitrogen and oxygen atoms in total. The molecule has 3 aromatic rings. The number of aromatic nitrogens is 1. The van der Waals surface area contributed by atoms with Crippen LogP contribution in [0.2, 0.25) is 10.0 Å². The van der Waals surface area contributed by atoms with Gasteiger partial charge in [-0.1, -0.05) is 29.3 Å². The summed E-state index contributed by atoms with van der Waals surface area (Å²) in [5.74, 6) is 1.48. The fraction of sp³-hybridized carbons (Fsp3) is 0.304. The molecule has 3 atom stereocenters. The van der Waals surface area contributed by atoms with E-state index in [2.05, 4.69) is 15.2 Å². The van der Waals surface area contributed by atoms with Gasteiger partial charge in [-0.25, -0.2) is 0 Å². The third-order valence-electron chi connectivity index (χ3n) is 5.74. The normalized spacial score (nSPS) is 23.4. The summed E-state index contributed by atoms with van der Waals surface area (Å²) in [5, 5.41) is 5.26. The summed E-state index contributed by atoms with van der Waals surface area (Å²) in [6.45, 7) is 1.50. The number of rotatable bonds is 5. The van der Waals surface area contributed by atoms with E-state index < -0.39 is 0 Å². The highest BCUT2D eigenvalue weighted by Gasteiger charge is 2.42. The molecule has 0 aliphatic carbocycles. The maximum absolute atomic E-state index is 6.41. The number of furan rings is 1. The number of nitrogens with zero attached hydrogens (tertiary/aromatic N) is 2. The quantitative estimate of drug-likeness (QED) is 0.472. The molecule has 2 aromatic heterocycles. The number of hydrogen-bond donors (Lipinski definition) is 1. The molecule has 0 radical (unpaired) electrons. The van der Waals surface area contributed by atoms with Gasteiger partial charge in [0.1, 0.15) is 17.6 Å². The zero-order valence-electron chi connectivity index (χ0n) is 16.6. The van der Waals surface area contributed by atoms with Gasteiger partial charge in [-0.05, 0) is 67.5 Å². The smallest absolute Gasteiger partial charge is 0.170 e. The summed E-state index contributed by atoms with van der Waals surface area (Å²) in [6.07, 6.45) is 4.06. The highest BCUT2D eigenvalue weighted by molar-refractivity contribution is 7.80. The molecule has 0 saturated carbocycles. The van der Waals surface area contributed by atoms with Crippen LogP contribution in [0.3, 0.4) is 0 Å². The molecular formula is C23H21Cl2N3O2S. The first-order chi connectivity index (χ1) is 15.1. The molecule has 0 amide bonds. The van der Waals surface area contributed by atoms with Crippen molar-refractivity contribution in [3.8, 4) is 11.3 Å². The largest absolute Gasteiger partial charge is 0.459 e. The molecule has 2 aliphatic rings. The molecule has 5 rings (SSSR count). The minimum atomic E-state index is -0.147. The van der Waals surface area contributed by atoms with Gasteiger partial charge >= 0.3 is 0 Å². The maximum atomic E-state index is 6.41. The van der Waals surface area contributed by atoms with Crippen molar-refractivity contribution in [1.82, 2.24) is 15.2 Å². The molecule has 0 unspecified atom stereocenters. The van der Waals surface area contributed by atoms with Crippen LogP contribution >= 0.6 is 35.4 Å². The lowest BCUT2D eigenvalue weighted by atomic mass is 10.0. The van der Waals surface area contributed by atoms with Crippen LogP contribution in [-0.4, -0.2) is 34.3 Å². The van der Waals surface area contributed by atoms with Crippen LogP contribution in [0.25, 0.3) is 11.3 Å². The minimum absolute atomic E-state index is 0.130. The number of ether oxygens (including phenoxy) is 1. The van der Waals surface area contributed by atoms with Crippen molar-refractivity contribution < 1.29 is 9.15 Å². The fourth-order valence-electron chi connectivity index (χ4n) is 4.26. The fourth-order valence-corrected chi connectivity index (χ4v) is 5.08. The Labute approximate surface area is 196 Å². The van der Waals surface area contributed by atoms with Gasteiger partial charge in [-0.3, -0.25) is 4.98 Å². The van der Waals surface area contributed by atoms with Gasteiger partial charge in [0, 0.05) is 29.9 Å².